The van der Waals surface area contributed by atoms with E-state index in [1.807, 2.05) is 32.9 Å². The Hall–Kier alpha value is -1.69. The van der Waals surface area contributed by atoms with Crippen molar-refractivity contribution in [3.8, 4) is 17.6 Å². The van der Waals surface area contributed by atoms with Crippen LogP contribution in [0.25, 0.3) is 0 Å². The van der Waals surface area contributed by atoms with Crippen molar-refractivity contribution in [1.29, 1.82) is 5.26 Å². The first-order valence-corrected chi connectivity index (χ1v) is 5.44. The molecule has 3 heteroatoms. The Bertz CT molecular complexity index is 462. The molecule has 84 valence electrons. The van der Waals surface area contributed by atoms with Gasteiger partial charge in [0, 0.05) is 6.42 Å². The maximum absolute atomic E-state index is 9.14. The van der Waals surface area contributed by atoms with Crippen molar-refractivity contribution in [2.75, 3.05) is 6.61 Å². The van der Waals surface area contributed by atoms with E-state index < -0.39 is 5.60 Å². The average Bonchev–Trinajstić information content (AvgIpc) is 2.30. The van der Waals surface area contributed by atoms with Crippen molar-refractivity contribution in [3.05, 3.63) is 23.3 Å². The lowest BCUT2D eigenvalue weighted by molar-refractivity contribution is 0.0328. The fourth-order valence-electron chi connectivity index (χ4n) is 1.70. The second kappa shape index (κ2) is 3.71. The molecule has 1 aliphatic heterocycles. The summed E-state index contributed by atoms with van der Waals surface area (Å²) in [6, 6.07) is 6.09. The first kappa shape index (κ1) is 10.8. The molecule has 1 aromatic carbocycles. The Kier molecular flexibility index (Phi) is 2.51. The predicted octanol–water partition coefficient (Wildman–Crippen LogP) is 2.75. The third-order valence-corrected chi connectivity index (χ3v) is 3.10. The maximum Gasteiger partial charge on any atom is 0.227 e. The monoisotopic (exact) mass is 217 g/mol. The van der Waals surface area contributed by atoms with Gasteiger partial charge in [0.2, 0.25) is 5.60 Å². The summed E-state index contributed by atoms with van der Waals surface area (Å²) in [4.78, 5) is 0. The van der Waals surface area contributed by atoms with Crippen LogP contribution >= 0.6 is 0 Å². The van der Waals surface area contributed by atoms with Gasteiger partial charge < -0.3 is 9.47 Å². The highest BCUT2D eigenvalue weighted by Gasteiger charge is 2.36. The molecule has 0 radical (unpaired) electrons. The van der Waals surface area contributed by atoms with E-state index in [-0.39, 0.29) is 0 Å². The number of nitrogens with zero attached hydrogens (tertiary/aromatic N) is 1. The van der Waals surface area contributed by atoms with Crippen LogP contribution in [0, 0.1) is 25.2 Å². The quantitative estimate of drug-likeness (QED) is 0.726. The topological polar surface area (TPSA) is 42.2 Å². The molecular weight excluding hydrogens is 202 g/mol. The molecule has 2 rings (SSSR count). The summed E-state index contributed by atoms with van der Waals surface area (Å²) in [5.74, 6) is 1.42. The zero-order valence-corrected chi connectivity index (χ0v) is 9.83. The standard InChI is InChI=1S/C13H15NO2/c1-4-13(7-14)8-15-11-5-9(2)10(3)6-12(11)16-13/h5-6H,4,8H2,1-3H3. The summed E-state index contributed by atoms with van der Waals surface area (Å²) in [6.45, 7) is 6.28. The minimum absolute atomic E-state index is 0.301. The molecule has 0 saturated heterocycles. The molecule has 0 saturated carbocycles. The third-order valence-electron chi connectivity index (χ3n) is 3.10. The maximum atomic E-state index is 9.14. The highest BCUT2D eigenvalue weighted by Crippen LogP contribution is 2.38. The molecule has 0 fully saturated rings. The van der Waals surface area contributed by atoms with E-state index in [1.54, 1.807) is 0 Å². The molecule has 16 heavy (non-hydrogen) atoms. The molecule has 1 aliphatic rings. The first-order chi connectivity index (χ1) is 7.60. The van der Waals surface area contributed by atoms with Crippen LogP contribution in [0.15, 0.2) is 12.1 Å². The number of rotatable bonds is 1. The van der Waals surface area contributed by atoms with E-state index in [0.717, 1.165) is 11.3 Å². The highest BCUT2D eigenvalue weighted by atomic mass is 16.6. The number of fused-ring (bicyclic) bond motifs is 1. The van der Waals surface area contributed by atoms with E-state index in [4.69, 9.17) is 14.7 Å². The SMILES string of the molecule is CCC1(C#N)COc2cc(C)c(C)cc2O1. The Morgan fingerprint density at radius 2 is 1.94 bits per heavy atom. The van der Waals surface area contributed by atoms with Crippen LogP contribution in [-0.2, 0) is 0 Å². The van der Waals surface area contributed by atoms with Crippen LogP contribution in [0.3, 0.4) is 0 Å². The highest BCUT2D eigenvalue weighted by molar-refractivity contribution is 5.48. The van der Waals surface area contributed by atoms with Gasteiger partial charge in [0.1, 0.15) is 12.7 Å². The van der Waals surface area contributed by atoms with Gasteiger partial charge in [0.05, 0.1) is 0 Å². The number of hydrogen-bond donors (Lipinski definition) is 0. The van der Waals surface area contributed by atoms with Crippen LogP contribution < -0.4 is 9.47 Å². The summed E-state index contributed by atoms with van der Waals surface area (Å²) in [5, 5.41) is 9.14. The number of ether oxygens (including phenoxy) is 2. The molecule has 0 amide bonds. The lowest BCUT2D eigenvalue weighted by Crippen LogP contribution is -2.43. The molecular formula is C13H15NO2. The Morgan fingerprint density at radius 1 is 1.31 bits per heavy atom. The summed E-state index contributed by atoms with van der Waals surface area (Å²) >= 11 is 0. The van der Waals surface area contributed by atoms with Gasteiger partial charge in [0.15, 0.2) is 11.5 Å². The van der Waals surface area contributed by atoms with Crippen molar-refractivity contribution in [1.82, 2.24) is 0 Å². The van der Waals surface area contributed by atoms with Crippen molar-refractivity contribution in [3.63, 3.8) is 0 Å². The molecule has 1 heterocycles. The van der Waals surface area contributed by atoms with E-state index in [9.17, 15) is 0 Å². The largest absolute Gasteiger partial charge is 0.484 e. The van der Waals surface area contributed by atoms with Gasteiger partial charge >= 0.3 is 0 Å². The normalized spacial score (nSPS) is 22.6. The van der Waals surface area contributed by atoms with Gasteiger partial charge in [-0.3, -0.25) is 0 Å². The average molecular weight is 217 g/mol. The minimum Gasteiger partial charge on any atom is -0.484 e. The van der Waals surface area contributed by atoms with Crippen LogP contribution in [0.4, 0.5) is 0 Å². The van der Waals surface area contributed by atoms with Crippen molar-refractivity contribution in [2.45, 2.75) is 32.8 Å². The van der Waals surface area contributed by atoms with Gasteiger partial charge in [0.25, 0.3) is 0 Å². The molecule has 0 N–H and O–H groups in total. The van der Waals surface area contributed by atoms with Gasteiger partial charge in [-0.05, 0) is 37.1 Å². The number of hydrogen-bond acceptors (Lipinski definition) is 3. The number of aryl methyl sites for hydroxylation is 2. The lowest BCUT2D eigenvalue weighted by Gasteiger charge is -2.32. The van der Waals surface area contributed by atoms with Gasteiger partial charge in [-0.25, -0.2) is 0 Å². The molecule has 0 bridgehead atoms. The molecule has 1 aromatic rings. The zero-order valence-electron chi connectivity index (χ0n) is 9.83. The lowest BCUT2D eigenvalue weighted by atomic mass is 10.0. The van der Waals surface area contributed by atoms with Crippen LogP contribution in [0.5, 0.6) is 11.5 Å². The zero-order chi connectivity index (χ0) is 11.8. The Morgan fingerprint density at radius 3 is 2.50 bits per heavy atom. The van der Waals surface area contributed by atoms with E-state index >= 15 is 0 Å². The molecule has 0 spiro atoms. The predicted molar refractivity (Wildman–Crippen MR) is 60.7 cm³/mol. The molecule has 1 unspecified atom stereocenters. The third kappa shape index (κ3) is 1.61. The number of nitriles is 1. The van der Waals surface area contributed by atoms with Gasteiger partial charge in [-0.2, -0.15) is 5.26 Å². The summed E-state index contributed by atoms with van der Waals surface area (Å²) in [6.07, 6.45) is 0.621. The fourth-order valence-corrected chi connectivity index (χ4v) is 1.70. The molecule has 1 atom stereocenters. The van der Waals surface area contributed by atoms with E-state index in [2.05, 4.69) is 6.07 Å². The van der Waals surface area contributed by atoms with Crippen molar-refractivity contribution >= 4 is 0 Å². The molecule has 0 aromatic heterocycles. The van der Waals surface area contributed by atoms with Gasteiger partial charge in [-0.1, -0.05) is 6.92 Å². The van der Waals surface area contributed by atoms with E-state index in [0.29, 0.717) is 18.8 Å². The summed E-state index contributed by atoms with van der Waals surface area (Å²) in [7, 11) is 0. The van der Waals surface area contributed by atoms with Gasteiger partial charge in [-0.15, -0.1) is 0 Å². The summed E-state index contributed by atoms with van der Waals surface area (Å²) < 4.78 is 11.4. The smallest absolute Gasteiger partial charge is 0.227 e. The first-order valence-electron chi connectivity index (χ1n) is 5.44. The minimum atomic E-state index is -0.825. The molecule has 0 aliphatic carbocycles. The van der Waals surface area contributed by atoms with Crippen LogP contribution in [0.2, 0.25) is 0 Å². The second-order valence-electron chi connectivity index (χ2n) is 4.23. The second-order valence-corrected chi connectivity index (χ2v) is 4.23. The van der Waals surface area contributed by atoms with Crippen LogP contribution in [-0.4, -0.2) is 12.2 Å². The van der Waals surface area contributed by atoms with Crippen LogP contribution in [0.1, 0.15) is 24.5 Å². The van der Waals surface area contributed by atoms with E-state index in [1.165, 1.54) is 5.56 Å². The van der Waals surface area contributed by atoms with Crippen molar-refractivity contribution in [2.24, 2.45) is 0 Å². The molecule has 3 nitrogen and oxygen atoms in total. The number of benzene rings is 1. The fraction of sp³-hybridized carbons (Fsp3) is 0.462. The summed E-state index contributed by atoms with van der Waals surface area (Å²) in [5.41, 5.74) is 1.49. The van der Waals surface area contributed by atoms with Crippen molar-refractivity contribution < 1.29 is 9.47 Å². The Balaban J connectivity index is 2.41. The Labute approximate surface area is 95.6 Å².